The molecule has 26 heteroatoms. The van der Waals surface area contributed by atoms with Crippen molar-refractivity contribution in [2.24, 2.45) is 23.7 Å². The Morgan fingerprint density at radius 1 is 0.846 bits per heavy atom. The van der Waals surface area contributed by atoms with Gasteiger partial charge in [0.25, 0.3) is 0 Å². The van der Waals surface area contributed by atoms with E-state index in [0.29, 0.717) is 44.0 Å². The van der Waals surface area contributed by atoms with Crippen molar-refractivity contribution in [3.05, 3.63) is 23.8 Å². The van der Waals surface area contributed by atoms with Gasteiger partial charge >= 0.3 is 6.09 Å². The third-order valence-corrected chi connectivity index (χ3v) is 15.6. The minimum atomic E-state index is -2.34. The molecule has 4 heterocycles. The number of carbonyl (C=O) groups is 10. The second-order valence-electron chi connectivity index (χ2n) is 21.5. The zero-order valence-electron chi connectivity index (χ0n) is 45.1. The molecule has 1 fully saturated rings. The number of rotatable bonds is 14. The molecule has 11 atom stereocenters. The number of fused-ring (bicyclic) bond motifs is 5. The van der Waals surface area contributed by atoms with Gasteiger partial charge in [-0.25, -0.2) is 4.79 Å². The van der Waals surface area contributed by atoms with Crippen LogP contribution in [0.5, 0.6) is 5.75 Å². The molecule has 5 rings (SSSR count). The quantitative estimate of drug-likeness (QED) is 0.101. The van der Waals surface area contributed by atoms with Crippen LogP contribution >= 0.6 is 0 Å². The van der Waals surface area contributed by atoms with Gasteiger partial charge in [-0.1, -0.05) is 40.0 Å². The van der Waals surface area contributed by atoms with Crippen LogP contribution in [0.1, 0.15) is 105 Å². The van der Waals surface area contributed by atoms with Gasteiger partial charge in [-0.05, 0) is 63.6 Å². The number of aromatic hydroxyl groups is 1. The van der Waals surface area contributed by atoms with E-state index in [9.17, 15) is 72.6 Å². The second-order valence-corrected chi connectivity index (χ2v) is 22.9. The monoisotopic (exact) mass is 1120 g/mol. The second kappa shape index (κ2) is 28.4. The van der Waals surface area contributed by atoms with Crippen LogP contribution in [0.15, 0.2) is 23.2 Å². The number of ether oxygens (including phenoxy) is 1. The Bertz CT molecular complexity index is 2570. The number of unbranched alkanes of at least 4 members (excludes halogenated alkanes) is 3. The third kappa shape index (κ3) is 17.5. The number of amides is 8. The molecule has 2 bridgehead atoms. The highest BCUT2D eigenvalue weighted by Crippen LogP contribution is 2.33. The van der Waals surface area contributed by atoms with Crippen molar-refractivity contribution in [3.63, 3.8) is 0 Å². The highest BCUT2D eigenvalue weighted by Gasteiger charge is 2.45. The molecule has 0 saturated carbocycles. The maximum Gasteiger partial charge on any atom is 0.407 e. The number of hydrogen-bond acceptors (Lipinski definition) is 16. The molecule has 3 aliphatic rings. The molecule has 1 aromatic carbocycles. The molecular weight excluding hydrogens is 1040 g/mol. The van der Waals surface area contributed by atoms with Gasteiger partial charge in [0.15, 0.2) is 11.6 Å². The molecule has 2 aromatic rings. The van der Waals surface area contributed by atoms with Gasteiger partial charge in [0.2, 0.25) is 41.4 Å². The highest BCUT2D eigenvalue weighted by atomic mass is 32.2. The average Bonchev–Trinajstić information content (AvgIpc) is 3.97. The highest BCUT2D eigenvalue weighted by molar-refractivity contribution is 7.85. The smallest absolute Gasteiger partial charge is 0.407 e. The number of aromatic nitrogens is 1. The summed E-state index contributed by atoms with van der Waals surface area (Å²) in [5.74, 6) is -13.5. The van der Waals surface area contributed by atoms with Crippen LogP contribution < -0.4 is 37.2 Å². The first-order valence-electron chi connectivity index (χ1n) is 26.5. The Kier molecular flexibility index (Phi) is 22.7. The lowest BCUT2D eigenvalue weighted by Crippen LogP contribution is -2.56. The van der Waals surface area contributed by atoms with Crippen LogP contribution in [0.25, 0.3) is 10.9 Å². The minimum Gasteiger partial charge on any atom is -0.508 e. The van der Waals surface area contributed by atoms with Crippen molar-refractivity contribution < 1.29 is 77.3 Å². The van der Waals surface area contributed by atoms with Gasteiger partial charge in [0, 0.05) is 68.6 Å². The molecule has 8 amide bonds. The molecule has 2 unspecified atom stereocenters. The number of aliphatic hydroxyl groups is 3. The number of Topliss-reactive ketones (excluding diaryl/α,β-unsaturated/α-hetero) is 2. The predicted molar refractivity (Wildman–Crippen MR) is 281 cm³/mol. The summed E-state index contributed by atoms with van der Waals surface area (Å²) < 4.78 is 20.2. The van der Waals surface area contributed by atoms with E-state index in [1.165, 1.54) is 25.1 Å². The first-order valence-corrected chi connectivity index (χ1v) is 27.8. The van der Waals surface area contributed by atoms with Crippen molar-refractivity contribution in [3.8, 4) is 5.75 Å². The number of hydrogen-bond donors (Lipinski definition) is 12. The summed E-state index contributed by atoms with van der Waals surface area (Å²) in [6, 6.07) is -2.06. The number of H-pyrrole nitrogens is 1. The Hall–Kier alpha value is -6.51. The summed E-state index contributed by atoms with van der Waals surface area (Å²) in [5.41, 5.74) is -0.288. The number of aliphatic hydroxyl groups excluding tert-OH is 3. The number of aromatic amines is 1. The summed E-state index contributed by atoms with van der Waals surface area (Å²) >= 11 is 0. The van der Waals surface area contributed by atoms with Gasteiger partial charge < -0.3 is 72.3 Å². The summed E-state index contributed by atoms with van der Waals surface area (Å²) in [7, 11) is -2.34. The van der Waals surface area contributed by atoms with E-state index in [-0.39, 0.29) is 34.8 Å². The van der Waals surface area contributed by atoms with Crippen LogP contribution in [0.4, 0.5) is 4.79 Å². The number of phenols is 1. The fourth-order valence-electron chi connectivity index (χ4n) is 9.65. The zero-order chi connectivity index (χ0) is 57.6. The number of nitrogens with one attached hydrogen (secondary N) is 8. The summed E-state index contributed by atoms with van der Waals surface area (Å²) in [5, 5.41) is 60.8. The zero-order valence-corrected chi connectivity index (χ0v) is 45.9. The van der Waals surface area contributed by atoms with E-state index in [1.807, 2.05) is 0 Å². The fourth-order valence-corrected chi connectivity index (χ4v) is 11.1. The van der Waals surface area contributed by atoms with E-state index < -0.39 is 193 Å². The Labute approximate surface area is 454 Å². The number of carbonyl (C=O) groups excluding carboxylic acids is 10. The first kappa shape index (κ1) is 62.3. The van der Waals surface area contributed by atoms with Crippen molar-refractivity contribution >= 4 is 80.7 Å². The van der Waals surface area contributed by atoms with E-state index >= 15 is 0 Å². The van der Waals surface area contributed by atoms with Crippen molar-refractivity contribution in [1.82, 2.24) is 47.1 Å². The number of ketones is 2. The molecule has 0 aliphatic carbocycles. The van der Waals surface area contributed by atoms with E-state index in [2.05, 4.69) is 42.2 Å². The summed E-state index contributed by atoms with van der Waals surface area (Å²) in [4.78, 5) is 144. The SMILES string of the molecule is CC[C@H](C)[C@@H]1NC(=O)CNC(=O)[C@@H]2CC(=O)[C@H]([C@@H](C)[C@@H](O)CO)NC(=O)[C@@H]3CC(O)CN3C(=O)[C@H](CC(=O)NCCCCCCNC(=O)OC(C)(C)C)CC(=O)C(C[S@@](=O)c3[nH]c4cc(O)ccc4c3C2)NC(=O)CNC1=O. The van der Waals surface area contributed by atoms with Gasteiger partial charge in [-0.15, -0.1) is 0 Å². The fraction of sp³-hybridized carbons (Fsp3) is 0.654. The Morgan fingerprint density at radius 3 is 2.15 bits per heavy atom. The average molecular weight is 1120 g/mol. The normalized spacial score (nSPS) is 25.8. The number of alkyl carbamates (subject to hydrolysis) is 1. The van der Waals surface area contributed by atoms with E-state index in [1.54, 1.807) is 34.6 Å². The van der Waals surface area contributed by atoms with Crippen LogP contribution in [-0.4, -0.2) is 181 Å². The lowest BCUT2D eigenvalue weighted by molar-refractivity contribution is -0.145. The Balaban J connectivity index is 1.58. The van der Waals surface area contributed by atoms with Gasteiger partial charge in [-0.3, -0.25) is 47.4 Å². The molecule has 3 aliphatic heterocycles. The molecule has 1 aromatic heterocycles. The number of benzene rings is 1. The maximum absolute atomic E-state index is 14.9. The van der Waals surface area contributed by atoms with Crippen molar-refractivity contribution in [1.29, 1.82) is 0 Å². The van der Waals surface area contributed by atoms with E-state index in [4.69, 9.17) is 4.74 Å². The molecular formula is C52H77N9O16S. The van der Waals surface area contributed by atoms with Gasteiger partial charge in [0.1, 0.15) is 28.5 Å². The Morgan fingerprint density at radius 2 is 1.50 bits per heavy atom. The predicted octanol–water partition coefficient (Wildman–Crippen LogP) is -1.02. The van der Waals surface area contributed by atoms with Crippen LogP contribution in [0, 0.1) is 23.7 Å². The number of phenolic OH excluding ortho intramolecular Hbond substituents is 1. The summed E-state index contributed by atoms with van der Waals surface area (Å²) in [6.45, 7) is 7.74. The molecule has 0 radical (unpaired) electrons. The van der Waals surface area contributed by atoms with Crippen LogP contribution in [0.3, 0.4) is 0 Å². The molecule has 1 saturated heterocycles. The van der Waals surface area contributed by atoms with E-state index in [0.717, 1.165) is 4.90 Å². The molecule has 25 nitrogen and oxygen atoms in total. The number of nitrogens with zero attached hydrogens (tertiary/aromatic N) is 1. The first-order chi connectivity index (χ1) is 36.8. The van der Waals surface area contributed by atoms with Crippen LogP contribution in [-0.2, 0) is 65.1 Å². The lowest BCUT2D eigenvalue weighted by atomic mass is 9.85. The molecule has 78 heavy (non-hydrogen) atoms. The third-order valence-electron chi connectivity index (χ3n) is 14.2. The maximum atomic E-state index is 14.9. The van der Waals surface area contributed by atoms with Crippen LogP contribution in [0.2, 0.25) is 0 Å². The largest absolute Gasteiger partial charge is 0.508 e. The molecule has 12 N–H and O–H groups in total. The standard InChI is InChI=1S/C52H77N9O16S/c1-7-27(2)44-48(73)56-22-42(69)57-36-26-78(76)49-34(33-13-12-31(63)20-35(33)58-49)16-29(46(71)55-23-43(70)59-44)17-39(66)45(28(3)40(67)25-62)60-47(72)37-21-32(64)24-61(37)50(74)30(18-38(36)65)19-41(68)53-14-10-8-9-11-15-54-51(75)77-52(4,5)6/h12-13,20,27-30,32,36-37,40,44-45,58,62-64,67H,7-11,14-19,21-26H2,1-6H3,(H,53,68)(H,54,75)(H,55,71)(H,56,73)(H,57,69)(H,59,70)(H,60,72)/t27-,28-,29-,30-,32?,36?,37-,40-,44-,45-,78+/m0/s1. The van der Waals surface area contributed by atoms with Crippen molar-refractivity contribution in [2.45, 2.75) is 153 Å². The topological polar surface area (TPSA) is 381 Å². The lowest BCUT2D eigenvalue weighted by Gasteiger charge is -2.32. The molecule has 432 valence electrons. The minimum absolute atomic E-state index is 0.105. The van der Waals surface area contributed by atoms with Gasteiger partial charge in [0.05, 0.1) is 72.0 Å². The summed E-state index contributed by atoms with van der Waals surface area (Å²) in [6.07, 6.45) is -3.65. The van der Waals surface area contributed by atoms with Gasteiger partial charge in [-0.2, -0.15) is 0 Å². The molecule has 0 spiro atoms. The van der Waals surface area contributed by atoms with Crippen molar-refractivity contribution in [2.75, 3.05) is 45.1 Å².